The molecule has 0 atom stereocenters. The Kier molecular flexibility index (Phi) is 14.0. The summed E-state index contributed by atoms with van der Waals surface area (Å²) in [6.07, 6.45) is 18.7. The first-order valence-corrected chi connectivity index (χ1v) is 18.0. The van der Waals surface area contributed by atoms with Gasteiger partial charge in [0.2, 0.25) is 0 Å². The van der Waals surface area contributed by atoms with Gasteiger partial charge in [-0.25, -0.2) is 4.98 Å². The number of anilines is 1. The van der Waals surface area contributed by atoms with Gasteiger partial charge >= 0.3 is 0 Å². The van der Waals surface area contributed by atoms with E-state index in [-0.39, 0.29) is 11.3 Å². The fraction of sp³-hybridized carbons (Fsp3) is 0.553. The number of nitrogens with one attached hydrogen (secondary N) is 2. The molecule has 0 saturated carbocycles. The van der Waals surface area contributed by atoms with Crippen molar-refractivity contribution in [1.29, 1.82) is 0 Å². The summed E-state index contributed by atoms with van der Waals surface area (Å²) < 4.78 is 13.1. The molecule has 0 saturated heterocycles. The maximum atomic E-state index is 13.1. The average Bonchev–Trinajstić information content (AvgIpc) is 3.62. The van der Waals surface area contributed by atoms with Gasteiger partial charge in [-0.15, -0.1) is 5.10 Å². The van der Waals surface area contributed by atoms with Gasteiger partial charge in [-0.1, -0.05) is 123 Å². The van der Waals surface area contributed by atoms with Crippen LogP contribution in [0.15, 0.2) is 42.5 Å². The van der Waals surface area contributed by atoms with Crippen LogP contribution in [0.4, 0.5) is 5.69 Å². The van der Waals surface area contributed by atoms with Crippen LogP contribution in [0.5, 0.6) is 11.5 Å². The van der Waals surface area contributed by atoms with Gasteiger partial charge in [-0.3, -0.25) is 9.89 Å². The van der Waals surface area contributed by atoms with Crippen molar-refractivity contribution in [2.45, 2.75) is 123 Å². The van der Waals surface area contributed by atoms with Crippen LogP contribution >= 0.6 is 11.6 Å². The van der Waals surface area contributed by atoms with Gasteiger partial charge in [-0.05, 0) is 48.9 Å². The Morgan fingerprint density at radius 3 is 2.02 bits per heavy atom. The first-order valence-electron chi connectivity index (χ1n) is 17.6. The molecule has 4 rings (SSSR count). The van der Waals surface area contributed by atoms with Gasteiger partial charge in [0, 0.05) is 16.7 Å². The van der Waals surface area contributed by atoms with Crippen LogP contribution < -0.4 is 14.8 Å². The summed E-state index contributed by atoms with van der Waals surface area (Å²) >= 11 is 6.63. The average molecular weight is 664 g/mol. The second-order valence-corrected chi connectivity index (χ2v) is 13.9. The second kappa shape index (κ2) is 18.1. The van der Waals surface area contributed by atoms with E-state index in [2.05, 4.69) is 48.2 Å². The van der Waals surface area contributed by atoms with Crippen LogP contribution in [0.1, 0.15) is 134 Å². The molecule has 4 aromatic rings. The van der Waals surface area contributed by atoms with Gasteiger partial charge in [-0.2, -0.15) is 4.63 Å². The third kappa shape index (κ3) is 10.7. The number of amides is 1. The maximum Gasteiger partial charge on any atom is 0.255 e. The molecule has 0 spiro atoms. The van der Waals surface area contributed by atoms with Crippen LogP contribution in [0.3, 0.4) is 0 Å². The zero-order valence-corrected chi connectivity index (χ0v) is 29.8. The number of ether oxygens (including phenoxy) is 2. The monoisotopic (exact) mass is 663 g/mol. The standard InChI is InChI=1S/C38H54ClN5O3/c1-6-7-8-9-10-11-12-13-14-15-16-17-18-19-26-47-30-23-20-28(21-24-30)37(45)40-29-22-25-32(46-5)31(27-29)35-41-36-33(39)34(38(2,3)4)42-44(36)43-35/h20-25,27,42H,6-19,26H2,1-5H3,(H,40,45). The molecular formula is C38H54ClN5O3. The minimum absolute atomic E-state index is 0.183. The van der Waals surface area contributed by atoms with Crippen molar-refractivity contribution in [2.75, 3.05) is 19.0 Å². The van der Waals surface area contributed by atoms with Crippen LogP contribution in [-0.2, 0) is 5.41 Å². The Bertz CT molecular complexity index is 1540. The van der Waals surface area contributed by atoms with E-state index in [1.165, 1.54) is 83.5 Å². The van der Waals surface area contributed by atoms with Crippen molar-refractivity contribution in [3.63, 3.8) is 0 Å². The minimum atomic E-state index is -0.220. The number of aromatic nitrogens is 4. The number of H-pyrrole nitrogens is 1. The van der Waals surface area contributed by atoms with Crippen LogP contribution in [0.2, 0.25) is 5.02 Å². The van der Waals surface area contributed by atoms with Crippen molar-refractivity contribution in [2.24, 2.45) is 0 Å². The number of rotatable bonds is 20. The highest BCUT2D eigenvalue weighted by atomic mass is 35.5. The topological polar surface area (TPSA) is 93.5 Å². The number of methoxy groups -OCH3 is 1. The molecule has 0 radical (unpaired) electrons. The molecule has 47 heavy (non-hydrogen) atoms. The number of benzene rings is 2. The number of fused-ring (bicyclic) bond motifs is 1. The number of carbonyl (C=O) groups excluding carboxylic acids is 1. The molecule has 9 heteroatoms. The van der Waals surface area contributed by atoms with Crippen molar-refractivity contribution in [3.05, 3.63) is 58.7 Å². The fourth-order valence-corrected chi connectivity index (χ4v) is 6.21. The SMILES string of the molecule is CCCCCCCCCCCCCCCCOc1ccc(C(=O)Nc2ccc(OC)c(-c3nc4c(Cl)c(C(C)(C)C)[nH]n4n3)c2)cc1. The Hall–Kier alpha value is -3.52. The molecule has 0 unspecified atom stereocenters. The number of aromatic amines is 1. The molecule has 2 N–H and O–H groups in total. The Morgan fingerprint density at radius 2 is 1.47 bits per heavy atom. The highest BCUT2D eigenvalue weighted by Crippen LogP contribution is 2.35. The van der Waals surface area contributed by atoms with E-state index in [1.54, 1.807) is 42.1 Å². The lowest BCUT2D eigenvalue weighted by atomic mass is 9.92. The number of unbranched alkanes of at least 4 members (excludes halogenated alkanes) is 13. The van der Waals surface area contributed by atoms with Crippen molar-refractivity contribution < 1.29 is 14.3 Å². The zero-order chi connectivity index (χ0) is 33.6. The third-order valence-electron chi connectivity index (χ3n) is 8.57. The van der Waals surface area contributed by atoms with Gasteiger partial charge in [0.15, 0.2) is 11.5 Å². The van der Waals surface area contributed by atoms with Crippen LogP contribution in [-0.4, -0.2) is 39.4 Å². The molecular weight excluding hydrogens is 610 g/mol. The summed E-state index contributed by atoms with van der Waals surface area (Å²) in [6.45, 7) is 9.18. The number of carbonyl (C=O) groups is 1. The molecule has 8 nitrogen and oxygen atoms in total. The minimum Gasteiger partial charge on any atom is -0.496 e. The molecule has 256 valence electrons. The quantitative estimate of drug-likeness (QED) is 0.0918. The molecule has 0 aliphatic carbocycles. The molecule has 2 heterocycles. The van der Waals surface area contributed by atoms with Gasteiger partial charge < -0.3 is 14.8 Å². The Labute approximate surface area is 286 Å². The second-order valence-electron chi connectivity index (χ2n) is 13.6. The molecule has 2 aromatic carbocycles. The lowest BCUT2D eigenvalue weighted by molar-refractivity contribution is 0.102. The summed E-state index contributed by atoms with van der Waals surface area (Å²) in [6, 6.07) is 12.7. The maximum absolute atomic E-state index is 13.1. The lowest BCUT2D eigenvalue weighted by Crippen LogP contribution is -2.13. The summed E-state index contributed by atoms with van der Waals surface area (Å²) in [4.78, 5) is 17.7. The van der Waals surface area contributed by atoms with Gasteiger partial charge in [0.25, 0.3) is 5.91 Å². The van der Waals surface area contributed by atoms with E-state index in [4.69, 9.17) is 21.1 Å². The summed E-state index contributed by atoms with van der Waals surface area (Å²) in [7, 11) is 1.59. The van der Waals surface area contributed by atoms with E-state index in [9.17, 15) is 4.79 Å². The van der Waals surface area contributed by atoms with E-state index in [1.807, 2.05) is 12.1 Å². The van der Waals surface area contributed by atoms with Crippen molar-refractivity contribution in [1.82, 2.24) is 19.8 Å². The highest BCUT2D eigenvalue weighted by molar-refractivity contribution is 6.34. The molecule has 1 amide bonds. The number of halogens is 1. The van der Waals surface area contributed by atoms with Crippen LogP contribution in [0, 0.1) is 0 Å². The van der Waals surface area contributed by atoms with E-state index in [0.29, 0.717) is 45.7 Å². The van der Waals surface area contributed by atoms with Gasteiger partial charge in [0.05, 0.1) is 25.0 Å². The molecule has 2 aromatic heterocycles. The summed E-state index contributed by atoms with van der Waals surface area (Å²) in [5, 5.41) is 11.3. The Balaban J connectivity index is 1.18. The van der Waals surface area contributed by atoms with Gasteiger partial charge in [0.1, 0.15) is 16.5 Å². The fourth-order valence-electron chi connectivity index (χ4n) is 5.76. The summed E-state index contributed by atoms with van der Waals surface area (Å²) in [5.41, 5.74) is 3.00. The van der Waals surface area contributed by atoms with Crippen molar-refractivity contribution >= 4 is 28.8 Å². The number of hydrogen-bond acceptors (Lipinski definition) is 5. The third-order valence-corrected chi connectivity index (χ3v) is 8.93. The zero-order valence-electron chi connectivity index (χ0n) is 29.1. The highest BCUT2D eigenvalue weighted by Gasteiger charge is 2.25. The molecule has 0 fully saturated rings. The number of hydrogen-bond donors (Lipinski definition) is 2. The number of nitrogens with zero attached hydrogens (tertiary/aromatic N) is 3. The molecule has 0 bridgehead atoms. The van der Waals surface area contributed by atoms with E-state index in [0.717, 1.165) is 17.9 Å². The van der Waals surface area contributed by atoms with Crippen molar-refractivity contribution in [3.8, 4) is 22.9 Å². The normalized spacial score (nSPS) is 11.7. The first kappa shape index (κ1) is 36.3. The summed E-state index contributed by atoms with van der Waals surface area (Å²) in [5.74, 6) is 1.58. The Morgan fingerprint density at radius 1 is 0.872 bits per heavy atom. The largest absolute Gasteiger partial charge is 0.496 e. The smallest absolute Gasteiger partial charge is 0.255 e. The molecule has 0 aliphatic heterocycles. The van der Waals surface area contributed by atoms with Crippen LogP contribution in [0.25, 0.3) is 17.0 Å². The predicted octanol–water partition coefficient (Wildman–Crippen LogP) is 10.8. The lowest BCUT2D eigenvalue weighted by Gasteiger charge is -2.16. The van der Waals surface area contributed by atoms with E-state index >= 15 is 0 Å². The molecule has 0 aliphatic rings. The first-order chi connectivity index (χ1) is 22.7. The van der Waals surface area contributed by atoms with E-state index < -0.39 is 0 Å². The predicted molar refractivity (Wildman–Crippen MR) is 193 cm³/mol.